The summed E-state index contributed by atoms with van der Waals surface area (Å²) in [4.78, 5) is 10.2. The molecule has 284 valence electrons. The zero-order valence-corrected chi connectivity index (χ0v) is 33.7. The molecular weight excluding hydrogens is 717 g/mol. The molecule has 2 heterocycles. The van der Waals surface area contributed by atoms with Gasteiger partial charge in [0.25, 0.3) is 0 Å². The predicted octanol–water partition coefficient (Wildman–Crippen LogP) is 14.1. The molecule has 0 saturated heterocycles. The highest BCUT2D eigenvalue weighted by atomic mass is 15.2. The van der Waals surface area contributed by atoms with E-state index in [0.717, 1.165) is 33.5 Å². The van der Waals surface area contributed by atoms with Crippen LogP contribution >= 0.6 is 0 Å². The van der Waals surface area contributed by atoms with Crippen LogP contribution in [0.2, 0.25) is 0 Å². The molecule has 0 bridgehead atoms. The van der Waals surface area contributed by atoms with Gasteiger partial charge in [0, 0.05) is 16.5 Å². The summed E-state index contributed by atoms with van der Waals surface area (Å²) >= 11 is 0. The van der Waals surface area contributed by atoms with Gasteiger partial charge >= 0.3 is 0 Å². The Labute approximate surface area is 345 Å². The van der Waals surface area contributed by atoms with Gasteiger partial charge in [-0.3, -0.25) is 4.99 Å². The van der Waals surface area contributed by atoms with Crippen LogP contribution in [-0.4, -0.2) is 16.2 Å². The third-order valence-electron chi connectivity index (χ3n) is 13.3. The monoisotopic (exact) mass is 759 g/mol. The lowest BCUT2D eigenvalue weighted by molar-refractivity contribution is 0.300. The number of benzene rings is 8. The minimum atomic E-state index is -0.451. The van der Waals surface area contributed by atoms with Crippen LogP contribution in [0, 0.1) is 0 Å². The van der Waals surface area contributed by atoms with E-state index in [-0.39, 0.29) is 10.8 Å². The lowest BCUT2D eigenvalue weighted by Gasteiger charge is -2.48. The van der Waals surface area contributed by atoms with Crippen LogP contribution in [-0.2, 0) is 10.8 Å². The van der Waals surface area contributed by atoms with Crippen LogP contribution in [0.4, 0.5) is 0 Å². The lowest BCUT2D eigenvalue weighted by atomic mass is 9.54. The van der Waals surface area contributed by atoms with Crippen LogP contribution in [0.25, 0.3) is 65.8 Å². The van der Waals surface area contributed by atoms with E-state index < -0.39 is 6.17 Å². The van der Waals surface area contributed by atoms with Gasteiger partial charge in [-0.2, -0.15) is 0 Å². The topological polar surface area (TPSA) is 43.8 Å². The maximum atomic E-state index is 5.20. The largest absolute Gasteiger partial charge is 0.438 e. The second-order valence-electron chi connectivity index (χ2n) is 17.0. The third-order valence-corrected chi connectivity index (χ3v) is 13.3. The number of aliphatic imine (C=N–C) groups is 2. The van der Waals surface area contributed by atoms with E-state index in [2.05, 4.69) is 190 Å². The highest BCUT2D eigenvalue weighted by Gasteiger charge is 2.47. The van der Waals surface area contributed by atoms with Crippen molar-refractivity contribution in [2.75, 3.05) is 0 Å². The maximum absolute atomic E-state index is 5.20. The smallest absolute Gasteiger partial charge is 0.0822 e. The Hall–Kier alpha value is -7.04. The fourth-order valence-corrected chi connectivity index (χ4v) is 9.55. The van der Waals surface area contributed by atoms with E-state index in [1.165, 1.54) is 54.8 Å². The first-order chi connectivity index (χ1) is 28.8. The molecule has 2 aliphatic rings. The fourth-order valence-electron chi connectivity index (χ4n) is 9.55. The van der Waals surface area contributed by atoms with Crippen molar-refractivity contribution in [1.29, 1.82) is 0 Å². The van der Waals surface area contributed by atoms with Crippen molar-refractivity contribution in [3.05, 3.63) is 215 Å². The molecule has 0 N–H and O–H groups in total. The van der Waals surface area contributed by atoms with E-state index in [1.54, 1.807) is 0 Å². The van der Waals surface area contributed by atoms with Crippen LogP contribution in [0.1, 0.15) is 61.7 Å². The molecule has 4 nitrogen and oxygen atoms in total. The Morgan fingerprint density at radius 2 is 1.10 bits per heavy atom. The second-order valence-corrected chi connectivity index (χ2v) is 17.0. The fraction of sp³-hybridized carbons (Fsp3) is 0.127. The Bertz CT molecular complexity index is 3170. The van der Waals surface area contributed by atoms with Gasteiger partial charge in [0.05, 0.1) is 23.0 Å². The van der Waals surface area contributed by atoms with Crippen molar-refractivity contribution in [2.24, 2.45) is 9.98 Å². The highest BCUT2D eigenvalue weighted by molar-refractivity contribution is 6.21. The molecule has 0 amide bonds. The minimum absolute atomic E-state index is 0.0798. The van der Waals surface area contributed by atoms with Crippen molar-refractivity contribution in [1.82, 2.24) is 4.57 Å². The van der Waals surface area contributed by atoms with Crippen molar-refractivity contribution in [3.8, 4) is 27.9 Å². The quantitative estimate of drug-likeness (QED) is 0.168. The van der Waals surface area contributed by atoms with Crippen molar-refractivity contribution >= 4 is 44.2 Å². The van der Waals surface area contributed by atoms with E-state index in [9.17, 15) is 0 Å². The summed E-state index contributed by atoms with van der Waals surface area (Å²) < 4.78 is 2.44. The SMILES string of the molecule is CC1(C)c2ccc3ccccc3c2-c2c(ccc3c2c2ccccc2n3-c2ccc(C3N=C(c4ccccc4)N=C(c4cccc(-c5ccccc5)c4)[N-]3)cc2)C1(C)C. The first-order valence-corrected chi connectivity index (χ1v) is 20.6. The number of aromatic nitrogens is 1. The summed E-state index contributed by atoms with van der Waals surface area (Å²) in [6.07, 6.45) is -0.451. The van der Waals surface area contributed by atoms with E-state index in [0.29, 0.717) is 11.7 Å². The average molecular weight is 760 g/mol. The summed E-state index contributed by atoms with van der Waals surface area (Å²) in [5.74, 6) is 1.36. The van der Waals surface area contributed by atoms with Crippen molar-refractivity contribution in [3.63, 3.8) is 0 Å². The van der Waals surface area contributed by atoms with Crippen molar-refractivity contribution in [2.45, 2.75) is 44.7 Å². The zero-order chi connectivity index (χ0) is 39.9. The van der Waals surface area contributed by atoms with Gasteiger partial charge in [0.1, 0.15) is 0 Å². The summed E-state index contributed by atoms with van der Waals surface area (Å²) in [7, 11) is 0. The van der Waals surface area contributed by atoms with Gasteiger partial charge in [0.15, 0.2) is 0 Å². The molecule has 9 aromatic rings. The number of rotatable bonds is 5. The molecule has 8 aromatic carbocycles. The number of nitrogens with zero attached hydrogens (tertiary/aromatic N) is 4. The third kappa shape index (κ3) is 5.43. The molecule has 11 rings (SSSR count). The number of hydrogen-bond acceptors (Lipinski definition) is 2. The molecule has 1 aliphatic heterocycles. The van der Waals surface area contributed by atoms with Crippen LogP contribution < -0.4 is 0 Å². The van der Waals surface area contributed by atoms with Crippen LogP contribution in [0.15, 0.2) is 192 Å². The Morgan fingerprint density at radius 1 is 0.492 bits per heavy atom. The maximum Gasteiger partial charge on any atom is 0.0822 e. The molecule has 1 atom stereocenters. The molecule has 59 heavy (non-hydrogen) atoms. The molecule has 4 heteroatoms. The van der Waals surface area contributed by atoms with E-state index >= 15 is 0 Å². The molecule has 0 saturated carbocycles. The molecule has 0 fully saturated rings. The number of amidine groups is 2. The van der Waals surface area contributed by atoms with Gasteiger partial charge in [-0.15, -0.1) is 0 Å². The van der Waals surface area contributed by atoms with Crippen LogP contribution in [0.3, 0.4) is 0 Å². The minimum Gasteiger partial charge on any atom is -0.438 e. The molecule has 0 radical (unpaired) electrons. The lowest BCUT2D eigenvalue weighted by Crippen LogP contribution is -2.43. The van der Waals surface area contributed by atoms with Crippen molar-refractivity contribution < 1.29 is 0 Å². The molecule has 1 unspecified atom stereocenters. The zero-order valence-electron chi connectivity index (χ0n) is 33.7. The van der Waals surface area contributed by atoms with Gasteiger partial charge in [-0.1, -0.05) is 185 Å². The van der Waals surface area contributed by atoms with Gasteiger partial charge in [0.2, 0.25) is 0 Å². The summed E-state index contributed by atoms with van der Waals surface area (Å²) in [6, 6.07) is 65.2. The van der Waals surface area contributed by atoms with Crippen LogP contribution in [0.5, 0.6) is 0 Å². The Morgan fingerprint density at radius 3 is 1.86 bits per heavy atom. The summed E-state index contributed by atoms with van der Waals surface area (Å²) in [6.45, 7) is 9.68. The number of para-hydroxylation sites is 1. The second kappa shape index (κ2) is 13.3. The Balaban J connectivity index is 1.05. The summed E-state index contributed by atoms with van der Waals surface area (Å²) in [5.41, 5.74) is 14.1. The molecule has 1 aromatic heterocycles. The first kappa shape index (κ1) is 35.1. The van der Waals surface area contributed by atoms with E-state index in [4.69, 9.17) is 15.3 Å². The standard InChI is InChI=1S/C55H43N4/c1-54(2)44-31-28-36-18-11-12-23-42(36)48(44)50-45(55(54,3)4)32-33-47-49(50)43-24-13-14-25-46(43)59(47)41-29-26-38(27-30-41)52-56-51(37-19-9-6-10-20-37)57-53(58-52)40-22-15-21-39(34-40)35-16-7-5-8-17-35/h5-34,52H,1-4H3/q-1. The van der Waals surface area contributed by atoms with E-state index in [1.807, 2.05) is 24.3 Å². The Kier molecular flexibility index (Phi) is 7.90. The molecule has 1 aliphatic carbocycles. The van der Waals surface area contributed by atoms with Gasteiger partial charge in [-0.25, -0.2) is 0 Å². The molecule has 0 spiro atoms. The number of fused-ring (bicyclic) bond motifs is 9. The first-order valence-electron chi connectivity index (χ1n) is 20.6. The number of hydrogen-bond donors (Lipinski definition) is 0. The average Bonchev–Trinajstić information content (AvgIpc) is 3.63. The highest BCUT2D eigenvalue weighted by Crippen LogP contribution is 2.58. The summed E-state index contributed by atoms with van der Waals surface area (Å²) in [5, 5.41) is 10.3. The molecular formula is C55H43N4-. The van der Waals surface area contributed by atoms with Gasteiger partial charge < -0.3 is 14.9 Å². The van der Waals surface area contributed by atoms with Gasteiger partial charge in [-0.05, 0) is 102 Å². The normalized spacial score (nSPS) is 16.6. The predicted molar refractivity (Wildman–Crippen MR) is 247 cm³/mol.